The van der Waals surface area contributed by atoms with Gasteiger partial charge in [0.25, 0.3) is 11.8 Å². The third-order valence-corrected chi connectivity index (χ3v) is 3.43. The van der Waals surface area contributed by atoms with Crippen molar-refractivity contribution in [2.45, 2.75) is 6.54 Å². The van der Waals surface area contributed by atoms with Crippen molar-refractivity contribution in [2.24, 2.45) is 0 Å². The predicted molar refractivity (Wildman–Crippen MR) is 86.4 cm³/mol. The molecular formula is C18H14N2O4. The fourth-order valence-corrected chi connectivity index (χ4v) is 2.24. The van der Waals surface area contributed by atoms with Crippen LogP contribution in [-0.2, 0) is 16.1 Å². The first kappa shape index (κ1) is 15.5. The maximum atomic E-state index is 12.4. The van der Waals surface area contributed by atoms with Crippen LogP contribution in [-0.4, -0.2) is 22.7 Å². The fourth-order valence-electron chi connectivity index (χ4n) is 2.24. The van der Waals surface area contributed by atoms with Gasteiger partial charge in [0.2, 0.25) is 0 Å². The average Bonchev–Trinajstić information content (AvgIpc) is 3.09. The van der Waals surface area contributed by atoms with Gasteiger partial charge < -0.3 is 4.42 Å². The van der Waals surface area contributed by atoms with Crippen LogP contribution in [0.25, 0.3) is 6.08 Å². The van der Waals surface area contributed by atoms with E-state index in [-0.39, 0.29) is 12.1 Å². The van der Waals surface area contributed by atoms with E-state index in [2.05, 4.69) is 5.32 Å². The molecule has 0 aliphatic carbocycles. The van der Waals surface area contributed by atoms with Crippen molar-refractivity contribution in [3.8, 4) is 0 Å². The summed E-state index contributed by atoms with van der Waals surface area (Å²) in [5.74, 6) is -0.914. The molecule has 0 bridgehead atoms. The molecule has 120 valence electrons. The Hall–Kier alpha value is -3.41. The van der Waals surface area contributed by atoms with Gasteiger partial charge in [-0.3, -0.25) is 19.8 Å². The highest BCUT2D eigenvalue weighted by Crippen LogP contribution is 2.14. The Bertz CT molecular complexity index is 820. The zero-order chi connectivity index (χ0) is 16.9. The van der Waals surface area contributed by atoms with Gasteiger partial charge in [-0.15, -0.1) is 0 Å². The summed E-state index contributed by atoms with van der Waals surface area (Å²) in [6, 6.07) is 12.0. The van der Waals surface area contributed by atoms with Gasteiger partial charge in [-0.1, -0.05) is 42.5 Å². The first-order chi connectivity index (χ1) is 11.6. The molecule has 4 amide bonds. The Morgan fingerprint density at radius 2 is 1.83 bits per heavy atom. The van der Waals surface area contributed by atoms with Crippen molar-refractivity contribution in [1.29, 1.82) is 0 Å². The van der Waals surface area contributed by atoms with Crippen LogP contribution in [0.1, 0.15) is 11.3 Å². The molecule has 24 heavy (non-hydrogen) atoms. The van der Waals surface area contributed by atoms with Crippen LogP contribution in [0.2, 0.25) is 0 Å². The van der Waals surface area contributed by atoms with Gasteiger partial charge in [0, 0.05) is 0 Å². The minimum atomic E-state index is -0.759. The number of hydrogen-bond acceptors (Lipinski definition) is 4. The summed E-state index contributed by atoms with van der Waals surface area (Å²) in [5, 5.41) is 2.15. The van der Waals surface area contributed by atoms with E-state index in [1.165, 1.54) is 12.3 Å². The van der Waals surface area contributed by atoms with E-state index in [1.54, 1.807) is 24.3 Å². The van der Waals surface area contributed by atoms with Crippen LogP contribution >= 0.6 is 0 Å². The van der Waals surface area contributed by atoms with Gasteiger partial charge in [-0.2, -0.15) is 0 Å². The third-order valence-electron chi connectivity index (χ3n) is 3.43. The number of carbonyl (C=O) groups excluding carboxylic acids is 3. The molecule has 1 saturated heterocycles. The molecule has 1 aromatic carbocycles. The first-order valence-electron chi connectivity index (χ1n) is 7.28. The summed E-state index contributed by atoms with van der Waals surface area (Å²) in [4.78, 5) is 37.1. The first-order valence-corrected chi connectivity index (χ1v) is 7.28. The third kappa shape index (κ3) is 3.33. The lowest BCUT2D eigenvalue weighted by atomic mass is 10.1. The molecule has 0 saturated carbocycles. The minimum absolute atomic E-state index is 0.0370. The van der Waals surface area contributed by atoms with Crippen LogP contribution in [0.3, 0.4) is 0 Å². The Morgan fingerprint density at radius 1 is 1.04 bits per heavy atom. The van der Waals surface area contributed by atoms with Crippen molar-refractivity contribution in [3.05, 3.63) is 77.8 Å². The van der Waals surface area contributed by atoms with Crippen LogP contribution in [0.15, 0.2) is 70.9 Å². The molecule has 1 N–H and O–H groups in total. The molecule has 0 spiro atoms. The van der Waals surface area contributed by atoms with Crippen LogP contribution in [0.4, 0.5) is 4.79 Å². The molecule has 6 nitrogen and oxygen atoms in total. The zero-order valence-electron chi connectivity index (χ0n) is 12.6. The predicted octanol–water partition coefficient (Wildman–Crippen LogP) is 2.50. The van der Waals surface area contributed by atoms with E-state index in [4.69, 9.17) is 4.42 Å². The number of hydrogen-bond donors (Lipinski definition) is 1. The SMILES string of the molecule is O=C1NC(=O)N(Cc2ccco2)C(=O)/C1=C\C=C\c1ccccc1. The smallest absolute Gasteiger partial charge is 0.331 e. The summed E-state index contributed by atoms with van der Waals surface area (Å²) in [6.07, 6.45) is 6.21. The second-order valence-corrected chi connectivity index (χ2v) is 5.08. The number of barbiturate groups is 1. The van der Waals surface area contributed by atoms with E-state index in [1.807, 2.05) is 30.3 Å². The molecule has 1 aromatic heterocycles. The van der Waals surface area contributed by atoms with Crippen molar-refractivity contribution < 1.29 is 18.8 Å². The van der Waals surface area contributed by atoms with Gasteiger partial charge in [-0.25, -0.2) is 4.79 Å². The topological polar surface area (TPSA) is 79.6 Å². The number of urea groups is 1. The van der Waals surface area contributed by atoms with Crippen molar-refractivity contribution in [3.63, 3.8) is 0 Å². The largest absolute Gasteiger partial charge is 0.467 e. The average molecular weight is 322 g/mol. The van der Waals surface area contributed by atoms with E-state index >= 15 is 0 Å². The maximum Gasteiger partial charge on any atom is 0.331 e. The molecule has 2 heterocycles. The summed E-state index contributed by atoms with van der Waals surface area (Å²) in [5.41, 5.74) is 0.829. The Kier molecular flexibility index (Phi) is 4.38. The highest BCUT2D eigenvalue weighted by molar-refractivity contribution is 6.28. The van der Waals surface area contributed by atoms with E-state index in [0.29, 0.717) is 5.76 Å². The van der Waals surface area contributed by atoms with Crippen molar-refractivity contribution in [1.82, 2.24) is 10.2 Å². The number of carbonyl (C=O) groups is 3. The molecule has 0 atom stereocenters. The molecular weight excluding hydrogens is 308 g/mol. The lowest BCUT2D eigenvalue weighted by Crippen LogP contribution is -2.53. The molecule has 3 rings (SSSR count). The second kappa shape index (κ2) is 6.78. The minimum Gasteiger partial charge on any atom is -0.467 e. The lowest BCUT2D eigenvalue weighted by Gasteiger charge is -2.25. The number of imide groups is 2. The fraction of sp³-hybridized carbons (Fsp3) is 0.0556. The monoisotopic (exact) mass is 322 g/mol. The quantitative estimate of drug-likeness (QED) is 0.693. The van der Waals surface area contributed by atoms with Crippen LogP contribution in [0, 0.1) is 0 Å². The number of furan rings is 1. The number of benzene rings is 1. The number of allylic oxidation sites excluding steroid dienone is 2. The Labute approximate surface area is 138 Å². The number of nitrogens with zero attached hydrogens (tertiary/aromatic N) is 1. The molecule has 0 unspecified atom stereocenters. The molecule has 2 aromatic rings. The molecule has 1 fully saturated rings. The molecule has 0 radical (unpaired) electrons. The molecule has 6 heteroatoms. The number of amides is 4. The highest BCUT2D eigenvalue weighted by Gasteiger charge is 2.35. The van der Waals surface area contributed by atoms with Gasteiger partial charge in [0.1, 0.15) is 11.3 Å². The van der Waals surface area contributed by atoms with Crippen molar-refractivity contribution in [2.75, 3.05) is 0 Å². The lowest BCUT2D eigenvalue weighted by molar-refractivity contribution is -0.130. The van der Waals surface area contributed by atoms with Crippen LogP contribution < -0.4 is 5.32 Å². The van der Waals surface area contributed by atoms with E-state index < -0.39 is 17.8 Å². The van der Waals surface area contributed by atoms with Crippen molar-refractivity contribution >= 4 is 23.9 Å². The summed E-state index contributed by atoms with van der Waals surface area (Å²) >= 11 is 0. The Morgan fingerprint density at radius 3 is 2.54 bits per heavy atom. The van der Waals surface area contributed by atoms with Crippen LogP contribution in [0.5, 0.6) is 0 Å². The summed E-state index contributed by atoms with van der Waals surface area (Å²) < 4.78 is 5.14. The van der Waals surface area contributed by atoms with Gasteiger partial charge in [-0.05, 0) is 23.8 Å². The number of rotatable bonds is 4. The number of nitrogens with one attached hydrogen (secondary N) is 1. The maximum absolute atomic E-state index is 12.4. The standard InChI is InChI=1S/C18H14N2O4/c21-16-15(10-4-8-13-6-2-1-3-7-13)17(22)20(18(23)19-16)12-14-9-5-11-24-14/h1-11H,12H2,(H,19,21,23)/b8-4+,15-10-. The Balaban J connectivity index is 1.80. The molecule has 1 aliphatic heterocycles. The second-order valence-electron chi connectivity index (χ2n) is 5.08. The zero-order valence-corrected chi connectivity index (χ0v) is 12.6. The van der Waals surface area contributed by atoms with E-state index in [9.17, 15) is 14.4 Å². The highest BCUT2D eigenvalue weighted by atomic mass is 16.3. The molecule has 1 aliphatic rings. The normalized spacial score (nSPS) is 16.9. The van der Waals surface area contributed by atoms with Gasteiger partial charge in [0.05, 0.1) is 12.8 Å². The van der Waals surface area contributed by atoms with Gasteiger partial charge in [0.15, 0.2) is 0 Å². The summed E-state index contributed by atoms with van der Waals surface area (Å²) in [6.45, 7) is -0.0370. The van der Waals surface area contributed by atoms with Gasteiger partial charge >= 0.3 is 6.03 Å². The summed E-state index contributed by atoms with van der Waals surface area (Å²) in [7, 11) is 0. The van der Waals surface area contributed by atoms with E-state index in [0.717, 1.165) is 10.5 Å².